The van der Waals surface area contributed by atoms with Gasteiger partial charge in [-0.1, -0.05) is 36.4 Å². The summed E-state index contributed by atoms with van der Waals surface area (Å²) in [5.41, 5.74) is 3.38. The summed E-state index contributed by atoms with van der Waals surface area (Å²) in [6.07, 6.45) is 0. The maximum absolute atomic E-state index is 12.8. The second kappa shape index (κ2) is 8.95. The maximum atomic E-state index is 12.8. The molecule has 0 aromatic heterocycles. The molecular weight excluding hydrogens is 352 g/mol. The third-order valence-corrected chi connectivity index (χ3v) is 4.48. The first-order chi connectivity index (χ1) is 13.6. The number of carbonyl (C=O) groups excluding carboxylic acids is 1. The van der Waals surface area contributed by atoms with E-state index in [2.05, 4.69) is 22.3 Å². The van der Waals surface area contributed by atoms with Crippen molar-refractivity contribution in [1.29, 1.82) is 0 Å². The Morgan fingerprint density at radius 2 is 1.46 bits per heavy atom. The molecule has 0 aliphatic heterocycles. The predicted octanol–water partition coefficient (Wildman–Crippen LogP) is 4.59. The molecule has 0 bridgehead atoms. The van der Waals surface area contributed by atoms with Gasteiger partial charge in [0.1, 0.15) is 17.1 Å². The molecule has 0 saturated carbocycles. The number of amides is 1. The average Bonchev–Trinajstić information content (AvgIpc) is 2.74. The van der Waals surface area contributed by atoms with Crippen LogP contribution in [0.3, 0.4) is 0 Å². The van der Waals surface area contributed by atoms with Crippen LogP contribution in [0.15, 0.2) is 72.8 Å². The van der Waals surface area contributed by atoms with Gasteiger partial charge in [0.25, 0.3) is 5.91 Å². The molecule has 0 unspecified atom stereocenters. The topological polar surface area (TPSA) is 50.8 Å². The molecule has 3 aromatic carbocycles. The lowest BCUT2D eigenvalue weighted by molar-refractivity contribution is 0.102. The number of hydrogen-bond acceptors (Lipinski definition) is 4. The standard InChI is InChI=1S/C23H24N2O3/c1-25(16-17-8-5-4-6-9-17)19-14-12-18(13-15-19)24-23(26)22-20(27-2)10-7-11-21(22)28-3/h4-15H,16H2,1-3H3,(H,24,26). The number of nitrogens with zero attached hydrogens (tertiary/aromatic N) is 1. The van der Waals surface area contributed by atoms with Gasteiger partial charge >= 0.3 is 0 Å². The van der Waals surface area contributed by atoms with Gasteiger partial charge in [-0.2, -0.15) is 0 Å². The molecule has 0 saturated heterocycles. The van der Waals surface area contributed by atoms with Crippen LogP contribution < -0.4 is 19.7 Å². The number of anilines is 2. The fourth-order valence-electron chi connectivity index (χ4n) is 3.02. The Kier molecular flexibility index (Phi) is 6.17. The lowest BCUT2D eigenvalue weighted by Crippen LogP contribution is -2.17. The normalized spacial score (nSPS) is 10.2. The first-order valence-electron chi connectivity index (χ1n) is 9.00. The van der Waals surface area contributed by atoms with Crippen molar-refractivity contribution in [1.82, 2.24) is 0 Å². The first kappa shape index (κ1) is 19.3. The Balaban J connectivity index is 1.72. The molecule has 3 aromatic rings. The van der Waals surface area contributed by atoms with E-state index in [1.807, 2.05) is 49.5 Å². The van der Waals surface area contributed by atoms with Gasteiger partial charge in [-0.25, -0.2) is 0 Å². The monoisotopic (exact) mass is 376 g/mol. The Bertz CT molecular complexity index is 902. The minimum absolute atomic E-state index is 0.278. The fourth-order valence-corrected chi connectivity index (χ4v) is 3.02. The van der Waals surface area contributed by atoms with Gasteiger partial charge in [0, 0.05) is 25.0 Å². The molecule has 3 rings (SSSR count). The van der Waals surface area contributed by atoms with Crippen LogP contribution in [0.25, 0.3) is 0 Å². The molecule has 0 atom stereocenters. The van der Waals surface area contributed by atoms with Crippen molar-refractivity contribution in [3.05, 3.63) is 83.9 Å². The van der Waals surface area contributed by atoms with Gasteiger partial charge in [-0.3, -0.25) is 4.79 Å². The van der Waals surface area contributed by atoms with Gasteiger partial charge in [0.15, 0.2) is 0 Å². The third-order valence-electron chi connectivity index (χ3n) is 4.48. The smallest absolute Gasteiger partial charge is 0.263 e. The van der Waals surface area contributed by atoms with E-state index in [4.69, 9.17) is 9.47 Å². The number of ether oxygens (including phenoxy) is 2. The zero-order valence-corrected chi connectivity index (χ0v) is 16.3. The molecule has 0 heterocycles. The summed E-state index contributed by atoms with van der Waals surface area (Å²) in [6, 6.07) is 23.3. The van der Waals surface area contributed by atoms with Crippen molar-refractivity contribution >= 4 is 17.3 Å². The molecule has 1 amide bonds. The number of nitrogens with one attached hydrogen (secondary N) is 1. The van der Waals surface area contributed by atoms with Crippen LogP contribution in [0.1, 0.15) is 15.9 Å². The quantitative estimate of drug-likeness (QED) is 0.655. The SMILES string of the molecule is COc1cccc(OC)c1C(=O)Nc1ccc(N(C)Cc2ccccc2)cc1. The van der Waals surface area contributed by atoms with Crippen LogP contribution in [0.2, 0.25) is 0 Å². The van der Waals surface area contributed by atoms with Crippen LogP contribution in [-0.2, 0) is 6.54 Å². The second-order valence-corrected chi connectivity index (χ2v) is 6.38. The third kappa shape index (κ3) is 4.43. The average molecular weight is 376 g/mol. The highest BCUT2D eigenvalue weighted by molar-refractivity contribution is 6.08. The zero-order chi connectivity index (χ0) is 19.9. The van der Waals surface area contributed by atoms with E-state index in [1.54, 1.807) is 18.2 Å². The molecule has 0 aliphatic carbocycles. The van der Waals surface area contributed by atoms with E-state index in [0.717, 1.165) is 12.2 Å². The van der Waals surface area contributed by atoms with E-state index in [0.29, 0.717) is 22.7 Å². The Morgan fingerprint density at radius 3 is 2.04 bits per heavy atom. The number of carbonyl (C=O) groups is 1. The summed E-state index contributed by atoms with van der Waals surface area (Å²) in [6.45, 7) is 0.810. The van der Waals surface area contributed by atoms with Gasteiger partial charge in [0.05, 0.1) is 14.2 Å². The fraction of sp³-hybridized carbons (Fsp3) is 0.174. The maximum Gasteiger partial charge on any atom is 0.263 e. The minimum Gasteiger partial charge on any atom is -0.496 e. The summed E-state index contributed by atoms with van der Waals surface area (Å²) in [4.78, 5) is 14.9. The number of hydrogen-bond donors (Lipinski definition) is 1. The lowest BCUT2D eigenvalue weighted by Gasteiger charge is -2.20. The molecule has 5 nitrogen and oxygen atoms in total. The molecule has 0 fully saturated rings. The molecule has 0 radical (unpaired) electrons. The molecule has 0 spiro atoms. The zero-order valence-electron chi connectivity index (χ0n) is 16.3. The van der Waals surface area contributed by atoms with Crippen molar-refractivity contribution in [3.63, 3.8) is 0 Å². The highest BCUT2D eigenvalue weighted by Gasteiger charge is 2.18. The van der Waals surface area contributed by atoms with E-state index in [9.17, 15) is 4.79 Å². The Labute approximate surface area is 165 Å². The van der Waals surface area contributed by atoms with Gasteiger partial charge in [-0.15, -0.1) is 0 Å². The molecular formula is C23H24N2O3. The Morgan fingerprint density at radius 1 is 0.857 bits per heavy atom. The largest absolute Gasteiger partial charge is 0.496 e. The minimum atomic E-state index is -0.278. The molecule has 1 N–H and O–H groups in total. The summed E-state index contributed by atoms with van der Waals surface area (Å²) in [5.74, 6) is 0.659. The molecule has 144 valence electrons. The van der Waals surface area contributed by atoms with Crippen LogP contribution in [0.4, 0.5) is 11.4 Å². The van der Waals surface area contributed by atoms with Crippen molar-refractivity contribution in [2.75, 3.05) is 31.5 Å². The number of benzene rings is 3. The van der Waals surface area contributed by atoms with Crippen LogP contribution in [0.5, 0.6) is 11.5 Å². The lowest BCUT2D eigenvalue weighted by atomic mass is 10.1. The van der Waals surface area contributed by atoms with Crippen molar-refractivity contribution in [3.8, 4) is 11.5 Å². The molecule has 0 aliphatic rings. The van der Waals surface area contributed by atoms with Crippen LogP contribution >= 0.6 is 0 Å². The second-order valence-electron chi connectivity index (χ2n) is 6.38. The van der Waals surface area contributed by atoms with E-state index in [1.165, 1.54) is 19.8 Å². The van der Waals surface area contributed by atoms with Crippen molar-refractivity contribution < 1.29 is 14.3 Å². The highest BCUT2D eigenvalue weighted by atomic mass is 16.5. The van der Waals surface area contributed by atoms with Gasteiger partial charge < -0.3 is 19.7 Å². The molecule has 28 heavy (non-hydrogen) atoms. The van der Waals surface area contributed by atoms with Gasteiger partial charge in [0.2, 0.25) is 0 Å². The first-order valence-corrected chi connectivity index (χ1v) is 9.00. The predicted molar refractivity (Wildman–Crippen MR) is 112 cm³/mol. The van der Waals surface area contributed by atoms with E-state index >= 15 is 0 Å². The summed E-state index contributed by atoms with van der Waals surface area (Å²) < 4.78 is 10.6. The van der Waals surface area contributed by atoms with E-state index < -0.39 is 0 Å². The number of rotatable bonds is 7. The molecule has 5 heteroatoms. The van der Waals surface area contributed by atoms with Crippen LogP contribution in [-0.4, -0.2) is 27.2 Å². The highest BCUT2D eigenvalue weighted by Crippen LogP contribution is 2.29. The van der Waals surface area contributed by atoms with Crippen molar-refractivity contribution in [2.45, 2.75) is 6.54 Å². The number of methoxy groups -OCH3 is 2. The van der Waals surface area contributed by atoms with Crippen molar-refractivity contribution in [2.24, 2.45) is 0 Å². The summed E-state index contributed by atoms with van der Waals surface area (Å²) in [5, 5.41) is 2.91. The van der Waals surface area contributed by atoms with Gasteiger partial charge in [-0.05, 0) is 42.0 Å². The summed E-state index contributed by atoms with van der Waals surface area (Å²) >= 11 is 0. The summed E-state index contributed by atoms with van der Waals surface area (Å²) in [7, 11) is 5.10. The Hall–Kier alpha value is -3.47. The van der Waals surface area contributed by atoms with Crippen LogP contribution in [0, 0.1) is 0 Å². The van der Waals surface area contributed by atoms with E-state index in [-0.39, 0.29) is 5.91 Å².